The van der Waals surface area contributed by atoms with Crippen molar-refractivity contribution >= 4 is 17.4 Å². The van der Waals surface area contributed by atoms with Crippen LogP contribution in [0.4, 0.5) is 11.5 Å². The highest BCUT2D eigenvalue weighted by Gasteiger charge is 2.32. The largest absolute Gasteiger partial charge is 0.385 e. The zero-order valence-corrected chi connectivity index (χ0v) is 13.9. The van der Waals surface area contributed by atoms with Crippen molar-refractivity contribution in [1.82, 2.24) is 9.78 Å². The summed E-state index contributed by atoms with van der Waals surface area (Å²) in [5.41, 5.74) is 17.4. The average molecular weight is 325 g/mol. The summed E-state index contributed by atoms with van der Waals surface area (Å²) in [6.45, 7) is 2.83. The van der Waals surface area contributed by atoms with E-state index in [-0.39, 0.29) is 17.9 Å². The van der Waals surface area contributed by atoms with Crippen LogP contribution < -0.4 is 16.8 Å². The Bertz CT molecular complexity index is 810. The number of anilines is 2. The molecule has 0 amide bonds. The van der Waals surface area contributed by atoms with E-state index in [9.17, 15) is 4.79 Å². The predicted molar refractivity (Wildman–Crippen MR) is 94.3 cm³/mol. The molecular weight excluding hydrogens is 302 g/mol. The first-order valence-electron chi connectivity index (χ1n) is 8.55. The topological polar surface area (TPSA) is 99.0 Å². The first kappa shape index (κ1) is 15.2. The molecule has 24 heavy (non-hydrogen) atoms. The fraction of sp³-hybridized carbons (Fsp3) is 0.444. The normalized spacial score (nSPS) is 22.4. The second-order valence-corrected chi connectivity index (χ2v) is 6.87. The van der Waals surface area contributed by atoms with E-state index < -0.39 is 0 Å². The first-order chi connectivity index (χ1) is 11.6. The van der Waals surface area contributed by atoms with Crippen LogP contribution in [0.5, 0.6) is 0 Å². The van der Waals surface area contributed by atoms with E-state index in [0.717, 1.165) is 53.9 Å². The van der Waals surface area contributed by atoms with Crippen LogP contribution in [0.3, 0.4) is 0 Å². The lowest BCUT2D eigenvalue weighted by atomic mass is 9.88. The molecule has 2 atom stereocenters. The van der Waals surface area contributed by atoms with Crippen molar-refractivity contribution in [2.45, 2.75) is 44.6 Å². The lowest BCUT2D eigenvalue weighted by Crippen LogP contribution is -2.29. The van der Waals surface area contributed by atoms with Crippen molar-refractivity contribution in [3.8, 4) is 0 Å². The van der Waals surface area contributed by atoms with Crippen molar-refractivity contribution < 1.29 is 4.79 Å². The quantitative estimate of drug-likeness (QED) is 0.743. The third kappa shape index (κ3) is 2.29. The minimum Gasteiger partial charge on any atom is -0.385 e. The smallest absolute Gasteiger partial charge is 0.256 e. The number of rotatable bonds is 1. The van der Waals surface area contributed by atoms with E-state index in [2.05, 4.69) is 23.4 Å². The Hall–Kier alpha value is -2.34. The molecular formula is C18H23N5O. The number of aryl methyl sites for hydroxylation is 2. The van der Waals surface area contributed by atoms with Crippen LogP contribution in [0, 0.1) is 6.92 Å². The summed E-state index contributed by atoms with van der Waals surface area (Å²) in [4.78, 5) is 13.2. The molecule has 0 saturated carbocycles. The molecule has 0 radical (unpaired) electrons. The van der Waals surface area contributed by atoms with E-state index >= 15 is 0 Å². The molecule has 6 heteroatoms. The molecule has 5 N–H and O–H groups in total. The van der Waals surface area contributed by atoms with E-state index in [1.54, 1.807) is 0 Å². The molecule has 0 unspecified atom stereocenters. The maximum absolute atomic E-state index is 13.2. The van der Waals surface area contributed by atoms with Crippen LogP contribution in [0.15, 0.2) is 18.2 Å². The van der Waals surface area contributed by atoms with E-state index in [1.807, 2.05) is 12.1 Å². The number of nitrogens with zero attached hydrogens (tertiary/aromatic N) is 2. The van der Waals surface area contributed by atoms with Gasteiger partial charge in [0.2, 0.25) is 0 Å². The van der Waals surface area contributed by atoms with Crippen molar-refractivity contribution in [2.24, 2.45) is 5.73 Å². The van der Waals surface area contributed by atoms with Crippen molar-refractivity contribution in [1.29, 1.82) is 0 Å². The highest BCUT2D eigenvalue weighted by molar-refractivity contribution is 5.90. The van der Waals surface area contributed by atoms with Gasteiger partial charge >= 0.3 is 0 Å². The second kappa shape index (κ2) is 5.63. The van der Waals surface area contributed by atoms with Gasteiger partial charge in [0.1, 0.15) is 5.82 Å². The number of hydrogen-bond acceptors (Lipinski definition) is 5. The second-order valence-electron chi connectivity index (χ2n) is 6.87. The van der Waals surface area contributed by atoms with Gasteiger partial charge in [0, 0.05) is 23.8 Å². The van der Waals surface area contributed by atoms with E-state index in [1.165, 1.54) is 4.68 Å². The Balaban J connectivity index is 1.73. The summed E-state index contributed by atoms with van der Waals surface area (Å²) < 4.78 is 1.42. The molecule has 6 nitrogen and oxygen atoms in total. The number of para-hydroxylation sites is 1. The van der Waals surface area contributed by atoms with E-state index in [4.69, 9.17) is 11.5 Å². The lowest BCUT2D eigenvalue weighted by Gasteiger charge is -2.27. The third-order valence-corrected chi connectivity index (χ3v) is 5.25. The minimum absolute atomic E-state index is 0.0381. The average Bonchev–Trinajstić information content (AvgIpc) is 2.91. The van der Waals surface area contributed by atoms with Gasteiger partial charge in [-0.2, -0.15) is 9.78 Å². The standard InChI is InChI=1S/C18H23N5O/c1-10-3-2-4-12-13(7-8-21-16(10)12)18(24)23-17(20)14-9-11(19)5-6-15(14)22-23/h2-4,11,13,21H,5-9,19-20H2,1H3/t11-,13+/m0/s1. The molecule has 1 aromatic carbocycles. The monoisotopic (exact) mass is 325 g/mol. The Morgan fingerprint density at radius 1 is 1.38 bits per heavy atom. The summed E-state index contributed by atoms with van der Waals surface area (Å²) in [5.74, 6) is 0.222. The van der Waals surface area contributed by atoms with Gasteiger partial charge in [0.25, 0.3) is 5.91 Å². The number of hydrogen-bond donors (Lipinski definition) is 3. The number of benzene rings is 1. The van der Waals surface area contributed by atoms with E-state index in [0.29, 0.717) is 12.2 Å². The van der Waals surface area contributed by atoms with Gasteiger partial charge in [-0.3, -0.25) is 4.79 Å². The Kier molecular flexibility index (Phi) is 3.57. The Morgan fingerprint density at radius 2 is 2.21 bits per heavy atom. The molecule has 1 aliphatic carbocycles. The number of nitrogens with two attached hydrogens (primary N) is 2. The zero-order valence-electron chi connectivity index (χ0n) is 13.9. The number of aromatic nitrogens is 2. The van der Waals surface area contributed by atoms with Gasteiger partial charge in [-0.05, 0) is 43.7 Å². The van der Waals surface area contributed by atoms with Crippen LogP contribution >= 0.6 is 0 Å². The maximum atomic E-state index is 13.2. The fourth-order valence-corrected chi connectivity index (χ4v) is 3.91. The molecule has 4 rings (SSSR count). The van der Waals surface area contributed by atoms with Crippen molar-refractivity contribution in [3.05, 3.63) is 40.6 Å². The molecule has 1 aliphatic heterocycles. The lowest BCUT2D eigenvalue weighted by molar-refractivity contribution is 0.0859. The van der Waals surface area contributed by atoms with Crippen LogP contribution in [-0.2, 0) is 12.8 Å². The molecule has 2 heterocycles. The van der Waals surface area contributed by atoms with Gasteiger partial charge in [-0.25, -0.2) is 0 Å². The minimum atomic E-state index is -0.210. The summed E-state index contributed by atoms with van der Waals surface area (Å²) in [6, 6.07) is 6.18. The Labute approximate surface area is 141 Å². The van der Waals surface area contributed by atoms with Crippen LogP contribution in [0.25, 0.3) is 0 Å². The maximum Gasteiger partial charge on any atom is 0.256 e. The van der Waals surface area contributed by atoms with Crippen LogP contribution in [0.1, 0.15) is 45.9 Å². The number of fused-ring (bicyclic) bond motifs is 2. The molecule has 0 bridgehead atoms. The van der Waals surface area contributed by atoms with Crippen molar-refractivity contribution in [2.75, 3.05) is 17.6 Å². The predicted octanol–water partition coefficient (Wildman–Crippen LogP) is 1.83. The Morgan fingerprint density at radius 3 is 3.04 bits per heavy atom. The molecule has 0 saturated heterocycles. The SMILES string of the molecule is Cc1cccc2c1NCC[C@H]2C(=O)n1nc2c(c1N)C[C@@H](N)CC2. The fourth-order valence-electron chi connectivity index (χ4n) is 3.91. The summed E-state index contributed by atoms with van der Waals surface area (Å²) >= 11 is 0. The molecule has 1 aromatic heterocycles. The molecule has 0 fully saturated rings. The number of nitrogen functional groups attached to an aromatic ring is 1. The van der Waals surface area contributed by atoms with Crippen LogP contribution in [0.2, 0.25) is 0 Å². The highest BCUT2D eigenvalue weighted by Crippen LogP contribution is 2.36. The van der Waals surface area contributed by atoms with Gasteiger partial charge in [-0.1, -0.05) is 18.2 Å². The third-order valence-electron chi connectivity index (χ3n) is 5.25. The number of carbonyl (C=O) groups is 1. The molecule has 0 spiro atoms. The summed E-state index contributed by atoms with van der Waals surface area (Å²) in [6.07, 6.45) is 3.14. The van der Waals surface area contributed by atoms with Crippen molar-refractivity contribution in [3.63, 3.8) is 0 Å². The van der Waals surface area contributed by atoms with Crippen LogP contribution in [-0.4, -0.2) is 28.3 Å². The van der Waals surface area contributed by atoms with Gasteiger partial charge in [-0.15, -0.1) is 0 Å². The summed E-state index contributed by atoms with van der Waals surface area (Å²) in [7, 11) is 0. The first-order valence-corrected chi connectivity index (χ1v) is 8.55. The number of carbonyl (C=O) groups excluding carboxylic acids is 1. The summed E-state index contributed by atoms with van der Waals surface area (Å²) in [5, 5.41) is 7.93. The molecule has 126 valence electrons. The zero-order chi connectivity index (χ0) is 16.8. The molecule has 2 aliphatic rings. The molecule has 2 aromatic rings. The van der Waals surface area contributed by atoms with Gasteiger partial charge in [0.05, 0.1) is 11.6 Å². The number of nitrogens with one attached hydrogen (secondary N) is 1. The highest BCUT2D eigenvalue weighted by atomic mass is 16.2. The van der Waals surface area contributed by atoms with Gasteiger partial charge < -0.3 is 16.8 Å². The van der Waals surface area contributed by atoms with Gasteiger partial charge in [0.15, 0.2) is 0 Å².